The molecule has 0 amide bonds. The monoisotopic (exact) mass is 335 g/mol. The normalized spacial score (nSPS) is 18.1. The number of hydrogen-bond donors (Lipinski definition) is 2. The van der Waals surface area contributed by atoms with Gasteiger partial charge in [0.15, 0.2) is 5.96 Å². The summed E-state index contributed by atoms with van der Waals surface area (Å²) in [5, 5.41) is 3.07. The topological polar surface area (TPSA) is 78.1 Å². The van der Waals surface area contributed by atoms with E-state index in [0.717, 1.165) is 44.1 Å². The van der Waals surface area contributed by atoms with Crippen LogP contribution in [0, 0.1) is 5.92 Å². The minimum Gasteiger partial charge on any atom is -0.491 e. The smallest absolute Gasteiger partial charge is 0.193 e. The quantitative estimate of drug-likeness (QED) is 0.412. The van der Waals surface area contributed by atoms with Crippen molar-refractivity contribution in [3.63, 3.8) is 0 Å². The van der Waals surface area contributed by atoms with Gasteiger partial charge in [-0.2, -0.15) is 0 Å². The lowest BCUT2D eigenvalue weighted by Crippen LogP contribution is -2.23. The summed E-state index contributed by atoms with van der Waals surface area (Å²) < 4.78 is 16.6. The number of anilines is 1. The molecular formula is C18H29N3O3. The Morgan fingerprint density at radius 2 is 2.17 bits per heavy atom. The van der Waals surface area contributed by atoms with Crippen LogP contribution >= 0.6 is 0 Å². The molecule has 1 fully saturated rings. The first-order valence-corrected chi connectivity index (χ1v) is 8.62. The number of benzene rings is 1. The lowest BCUT2D eigenvalue weighted by molar-refractivity contribution is 0.0893. The molecule has 0 radical (unpaired) electrons. The van der Waals surface area contributed by atoms with E-state index in [4.69, 9.17) is 19.9 Å². The Balaban J connectivity index is 1.60. The highest BCUT2D eigenvalue weighted by Gasteiger charge is 2.15. The van der Waals surface area contributed by atoms with Crippen LogP contribution in [0.1, 0.15) is 26.7 Å². The second-order valence-electron chi connectivity index (χ2n) is 6.24. The van der Waals surface area contributed by atoms with E-state index in [1.54, 1.807) is 0 Å². The molecule has 1 aliphatic rings. The molecule has 0 aliphatic carbocycles. The predicted octanol–water partition coefficient (Wildman–Crippen LogP) is 2.64. The average molecular weight is 335 g/mol. The van der Waals surface area contributed by atoms with Crippen molar-refractivity contribution in [1.29, 1.82) is 0 Å². The van der Waals surface area contributed by atoms with Crippen LogP contribution in [0.5, 0.6) is 5.75 Å². The fourth-order valence-electron chi connectivity index (χ4n) is 2.41. The highest BCUT2D eigenvalue weighted by atomic mass is 16.5. The SMILES string of the molecule is CC(C)Oc1ccc(NC(N)=NCCCOCC2CCOC2)cc1. The highest BCUT2D eigenvalue weighted by molar-refractivity contribution is 5.92. The molecule has 24 heavy (non-hydrogen) atoms. The van der Waals surface area contributed by atoms with Crippen molar-refractivity contribution >= 4 is 11.6 Å². The van der Waals surface area contributed by atoms with Gasteiger partial charge in [0.25, 0.3) is 0 Å². The molecule has 1 heterocycles. The Morgan fingerprint density at radius 3 is 2.83 bits per heavy atom. The van der Waals surface area contributed by atoms with Crippen molar-refractivity contribution in [2.45, 2.75) is 32.8 Å². The van der Waals surface area contributed by atoms with Gasteiger partial charge in [-0.15, -0.1) is 0 Å². The number of aliphatic imine (C=N–C) groups is 1. The molecule has 0 aromatic heterocycles. The van der Waals surface area contributed by atoms with Crippen LogP contribution in [-0.2, 0) is 9.47 Å². The van der Waals surface area contributed by atoms with E-state index in [-0.39, 0.29) is 6.10 Å². The van der Waals surface area contributed by atoms with E-state index >= 15 is 0 Å². The van der Waals surface area contributed by atoms with Gasteiger partial charge >= 0.3 is 0 Å². The molecule has 6 heteroatoms. The van der Waals surface area contributed by atoms with Crippen molar-refractivity contribution in [2.75, 3.05) is 38.3 Å². The van der Waals surface area contributed by atoms with Crippen LogP contribution in [0.25, 0.3) is 0 Å². The van der Waals surface area contributed by atoms with Crippen LogP contribution in [0.2, 0.25) is 0 Å². The van der Waals surface area contributed by atoms with Crippen LogP contribution in [0.15, 0.2) is 29.3 Å². The van der Waals surface area contributed by atoms with Crippen LogP contribution < -0.4 is 15.8 Å². The Kier molecular flexibility index (Phi) is 7.85. The molecule has 1 saturated heterocycles. The van der Waals surface area contributed by atoms with Crippen molar-refractivity contribution in [1.82, 2.24) is 0 Å². The summed E-state index contributed by atoms with van der Waals surface area (Å²) in [4.78, 5) is 4.31. The first kappa shape index (κ1) is 18.5. The summed E-state index contributed by atoms with van der Waals surface area (Å²) >= 11 is 0. The molecule has 0 saturated carbocycles. The zero-order valence-corrected chi connectivity index (χ0v) is 14.7. The number of hydrogen-bond acceptors (Lipinski definition) is 4. The van der Waals surface area contributed by atoms with E-state index in [1.807, 2.05) is 38.1 Å². The summed E-state index contributed by atoms with van der Waals surface area (Å²) in [5.41, 5.74) is 6.78. The van der Waals surface area contributed by atoms with Crippen molar-refractivity contribution in [2.24, 2.45) is 16.6 Å². The standard InChI is InChI=1S/C18H29N3O3/c1-14(2)24-17-6-4-16(5-7-17)21-18(19)20-9-3-10-22-12-15-8-11-23-13-15/h4-7,14-15H,3,8-13H2,1-2H3,(H3,19,20,21). The molecule has 6 nitrogen and oxygen atoms in total. The van der Waals surface area contributed by atoms with Gasteiger partial charge in [-0.05, 0) is 51.0 Å². The lowest BCUT2D eigenvalue weighted by Gasteiger charge is -2.11. The average Bonchev–Trinajstić information content (AvgIpc) is 3.05. The molecule has 0 bridgehead atoms. The van der Waals surface area contributed by atoms with E-state index in [1.165, 1.54) is 0 Å². The maximum absolute atomic E-state index is 5.89. The molecule has 2 rings (SSSR count). The molecule has 134 valence electrons. The summed E-state index contributed by atoms with van der Waals surface area (Å²) in [7, 11) is 0. The summed E-state index contributed by atoms with van der Waals surface area (Å²) in [5.74, 6) is 1.82. The van der Waals surface area contributed by atoms with Gasteiger partial charge in [-0.3, -0.25) is 4.99 Å². The third-order valence-electron chi connectivity index (χ3n) is 3.60. The van der Waals surface area contributed by atoms with Crippen molar-refractivity contribution in [3.8, 4) is 5.75 Å². The van der Waals surface area contributed by atoms with E-state index in [0.29, 0.717) is 25.0 Å². The number of rotatable bonds is 9. The van der Waals surface area contributed by atoms with E-state index in [2.05, 4.69) is 10.3 Å². The first-order valence-electron chi connectivity index (χ1n) is 8.62. The maximum Gasteiger partial charge on any atom is 0.193 e. The minimum absolute atomic E-state index is 0.166. The fourth-order valence-corrected chi connectivity index (χ4v) is 2.41. The largest absolute Gasteiger partial charge is 0.491 e. The Hall–Kier alpha value is -1.79. The van der Waals surface area contributed by atoms with Gasteiger partial charge < -0.3 is 25.3 Å². The molecule has 1 aliphatic heterocycles. The molecule has 1 atom stereocenters. The number of nitrogens with two attached hydrogens (primary N) is 1. The van der Waals surface area contributed by atoms with Crippen LogP contribution in [0.3, 0.4) is 0 Å². The molecule has 1 aromatic carbocycles. The Bertz CT molecular complexity index is 497. The molecule has 1 unspecified atom stereocenters. The maximum atomic E-state index is 5.89. The zero-order valence-electron chi connectivity index (χ0n) is 14.7. The third kappa shape index (κ3) is 7.19. The predicted molar refractivity (Wildman–Crippen MR) is 96.7 cm³/mol. The van der Waals surface area contributed by atoms with Gasteiger partial charge in [0.05, 0.1) is 19.3 Å². The summed E-state index contributed by atoms with van der Waals surface area (Å²) in [6.07, 6.45) is 2.13. The number of ether oxygens (including phenoxy) is 3. The van der Waals surface area contributed by atoms with Gasteiger partial charge in [0.2, 0.25) is 0 Å². The molecule has 3 N–H and O–H groups in total. The molecular weight excluding hydrogens is 306 g/mol. The first-order chi connectivity index (χ1) is 11.6. The van der Waals surface area contributed by atoms with Gasteiger partial charge in [0, 0.05) is 31.4 Å². The minimum atomic E-state index is 0.166. The lowest BCUT2D eigenvalue weighted by atomic mass is 10.1. The van der Waals surface area contributed by atoms with E-state index < -0.39 is 0 Å². The van der Waals surface area contributed by atoms with E-state index in [9.17, 15) is 0 Å². The zero-order chi connectivity index (χ0) is 17.2. The molecule has 0 spiro atoms. The van der Waals surface area contributed by atoms with Crippen molar-refractivity contribution < 1.29 is 14.2 Å². The second-order valence-corrected chi connectivity index (χ2v) is 6.24. The highest BCUT2D eigenvalue weighted by Crippen LogP contribution is 2.16. The fraction of sp³-hybridized carbons (Fsp3) is 0.611. The molecule has 1 aromatic rings. The van der Waals surface area contributed by atoms with Gasteiger partial charge in [-0.1, -0.05) is 0 Å². The van der Waals surface area contributed by atoms with Crippen LogP contribution in [-0.4, -0.2) is 45.0 Å². The van der Waals surface area contributed by atoms with Crippen LogP contribution in [0.4, 0.5) is 5.69 Å². The summed E-state index contributed by atoms with van der Waals surface area (Å²) in [6.45, 7) is 7.83. The van der Waals surface area contributed by atoms with Crippen molar-refractivity contribution in [3.05, 3.63) is 24.3 Å². The number of guanidine groups is 1. The second kappa shape index (κ2) is 10.2. The third-order valence-corrected chi connectivity index (χ3v) is 3.60. The van der Waals surface area contributed by atoms with Gasteiger partial charge in [0.1, 0.15) is 5.75 Å². The summed E-state index contributed by atoms with van der Waals surface area (Å²) in [6, 6.07) is 7.67. The Morgan fingerprint density at radius 1 is 1.38 bits per heavy atom. The number of nitrogens with zero attached hydrogens (tertiary/aromatic N) is 1. The van der Waals surface area contributed by atoms with Gasteiger partial charge in [-0.25, -0.2) is 0 Å². The number of nitrogens with one attached hydrogen (secondary N) is 1. The Labute approximate surface area is 144 Å².